The predicted molar refractivity (Wildman–Crippen MR) is 50.7 cm³/mol. The number of nitrogens with zero attached hydrogens (tertiary/aromatic N) is 1. The fourth-order valence-electron chi connectivity index (χ4n) is 2.38. The second kappa shape index (κ2) is 4.27. The molecule has 2 N–H and O–H groups in total. The first kappa shape index (κ1) is 11.2. The molecule has 0 aromatic rings. The first-order valence-corrected chi connectivity index (χ1v) is 5.33. The molecule has 2 saturated heterocycles. The minimum Gasteiger partial charge on any atom is -0.315 e. The van der Waals surface area contributed by atoms with E-state index in [0.29, 0.717) is 19.6 Å². The van der Waals surface area contributed by atoms with Crippen LogP contribution >= 0.6 is 0 Å². The number of piperazine rings is 1. The molecule has 0 amide bonds. The van der Waals surface area contributed by atoms with Crippen molar-refractivity contribution in [3.8, 4) is 0 Å². The van der Waals surface area contributed by atoms with E-state index in [0.717, 1.165) is 13.0 Å². The maximum Gasteiger partial charge on any atom is 0.405 e. The number of rotatable bonds is 1. The lowest BCUT2D eigenvalue weighted by Gasteiger charge is -2.40. The van der Waals surface area contributed by atoms with Gasteiger partial charge in [0.1, 0.15) is 6.04 Å². The summed E-state index contributed by atoms with van der Waals surface area (Å²) < 4.78 is 38.2. The van der Waals surface area contributed by atoms with Gasteiger partial charge in [0, 0.05) is 32.2 Å². The third kappa shape index (κ3) is 2.43. The van der Waals surface area contributed by atoms with Crippen molar-refractivity contribution in [3.05, 3.63) is 0 Å². The van der Waals surface area contributed by atoms with Gasteiger partial charge < -0.3 is 10.6 Å². The minimum atomic E-state index is -4.12. The van der Waals surface area contributed by atoms with Crippen molar-refractivity contribution < 1.29 is 13.2 Å². The summed E-state index contributed by atoms with van der Waals surface area (Å²) in [4.78, 5) is 1.61. The summed E-state index contributed by atoms with van der Waals surface area (Å²) in [5.74, 6) is 0. The molecule has 3 nitrogen and oxygen atoms in total. The van der Waals surface area contributed by atoms with E-state index in [4.69, 9.17) is 0 Å². The lowest BCUT2D eigenvalue weighted by atomic mass is 10.1. The van der Waals surface area contributed by atoms with E-state index in [-0.39, 0.29) is 12.6 Å². The number of halogens is 3. The van der Waals surface area contributed by atoms with Crippen molar-refractivity contribution in [3.63, 3.8) is 0 Å². The fraction of sp³-hybridized carbons (Fsp3) is 1.00. The number of nitrogens with one attached hydrogen (secondary N) is 2. The summed E-state index contributed by atoms with van der Waals surface area (Å²) in [6.07, 6.45) is -3.29. The van der Waals surface area contributed by atoms with Gasteiger partial charge in [-0.3, -0.25) is 4.90 Å². The highest BCUT2D eigenvalue weighted by Crippen LogP contribution is 2.28. The lowest BCUT2D eigenvalue weighted by molar-refractivity contribution is -0.192. The van der Waals surface area contributed by atoms with Gasteiger partial charge in [0.2, 0.25) is 0 Å². The first-order chi connectivity index (χ1) is 7.09. The van der Waals surface area contributed by atoms with Crippen molar-refractivity contribution >= 4 is 0 Å². The Bertz CT molecular complexity index is 213. The van der Waals surface area contributed by atoms with Gasteiger partial charge in [-0.05, 0) is 13.0 Å². The van der Waals surface area contributed by atoms with E-state index < -0.39 is 12.2 Å². The van der Waals surface area contributed by atoms with Crippen LogP contribution in [0.4, 0.5) is 13.2 Å². The number of hydrogen-bond donors (Lipinski definition) is 2. The molecule has 2 heterocycles. The third-order valence-corrected chi connectivity index (χ3v) is 3.17. The fourth-order valence-corrected chi connectivity index (χ4v) is 2.38. The highest BCUT2D eigenvalue weighted by molar-refractivity contribution is 4.92. The molecule has 0 aromatic carbocycles. The quantitative estimate of drug-likeness (QED) is 0.664. The Morgan fingerprint density at radius 3 is 2.40 bits per heavy atom. The van der Waals surface area contributed by atoms with E-state index >= 15 is 0 Å². The average Bonchev–Trinajstić information content (AvgIpc) is 2.69. The van der Waals surface area contributed by atoms with Crippen LogP contribution in [0.15, 0.2) is 0 Å². The molecule has 15 heavy (non-hydrogen) atoms. The largest absolute Gasteiger partial charge is 0.405 e. The minimum absolute atomic E-state index is 0.0278. The summed E-state index contributed by atoms with van der Waals surface area (Å²) in [6, 6.07) is -1.25. The summed E-state index contributed by atoms with van der Waals surface area (Å²) in [6.45, 7) is 2.70. The first-order valence-electron chi connectivity index (χ1n) is 5.33. The van der Waals surface area contributed by atoms with Gasteiger partial charge in [-0.2, -0.15) is 13.2 Å². The van der Waals surface area contributed by atoms with Crippen molar-refractivity contribution in [1.29, 1.82) is 0 Å². The molecule has 2 rings (SSSR count). The van der Waals surface area contributed by atoms with Crippen LogP contribution in [0.1, 0.15) is 6.42 Å². The molecule has 0 saturated carbocycles. The standard InChI is InChI=1S/C9H16F3N3/c10-9(11,12)8-6-14-3-4-15(8)7-1-2-13-5-7/h7-8,13-14H,1-6H2. The Morgan fingerprint density at radius 2 is 1.80 bits per heavy atom. The van der Waals surface area contributed by atoms with Crippen LogP contribution < -0.4 is 10.6 Å². The lowest BCUT2D eigenvalue weighted by Crippen LogP contribution is -2.61. The average molecular weight is 223 g/mol. The Hall–Kier alpha value is -0.330. The molecule has 0 aromatic heterocycles. The SMILES string of the molecule is FC(F)(F)C1CNCCN1C1CCNC1. The molecule has 2 aliphatic rings. The van der Waals surface area contributed by atoms with Crippen LogP contribution in [0.2, 0.25) is 0 Å². The maximum absolute atomic E-state index is 12.7. The molecular formula is C9H16F3N3. The zero-order valence-electron chi connectivity index (χ0n) is 8.48. The van der Waals surface area contributed by atoms with Gasteiger partial charge in [-0.25, -0.2) is 0 Å². The van der Waals surface area contributed by atoms with Gasteiger partial charge >= 0.3 is 6.18 Å². The summed E-state index contributed by atoms with van der Waals surface area (Å²) in [5, 5.41) is 5.92. The molecule has 6 heteroatoms. The predicted octanol–water partition coefficient (Wildman–Crippen LogP) is 0.184. The summed E-state index contributed by atoms with van der Waals surface area (Å²) >= 11 is 0. The zero-order chi connectivity index (χ0) is 10.9. The molecule has 88 valence electrons. The Labute approximate surface area is 87.0 Å². The molecule has 2 fully saturated rings. The molecule has 2 aliphatic heterocycles. The van der Waals surface area contributed by atoms with Gasteiger partial charge in [0.15, 0.2) is 0 Å². The zero-order valence-corrected chi connectivity index (χ0v) is 8.48. The molecule has 0 bridgehead atoms. The molecule has 2 unspecified atom stereocenters. The van der Waals surface area contributed by atoms with E-state index in [1.807, 2.05) is 0 Å². The van der Waals surface area contributed by atoms with Crippen LogP contribution in [0.25, 0.3) is 0 Å². The Balaban J connectivity index is 2.05. The Kier molecular flexibility index (Phi) is 3.18. The van der Waals surface area contributed by atoms with Gasteiger partial charge in [-0.15, -0.1) is 0 Å². The highest BCUT2D eigenvalue weighted by Gasteiger charge is 2.46. The van der Waals surface area contributed by atoms with E-state index in [9.17, 15) is 13.2 Å². The molecule has 0 spiro atoms. The molecule has 0 radical (unpaired) electrons. The van der Waals surface area contributed by atoms with E-state index in [1.165, 1.54) is 0 Å². The number of hydrogen-bond acceptors (Lipinski definition) is 3. The summed E-state index contributed by atoms with van der Waals surface area (Å²) in [7, 11) is 0. The van der Waals surface area contributed by atoms with Gasteiger partial charge in [-0.1, -0.05) is 0 Å². The molecule has 2 atom stereocenters. The van der Waals surface area contributed by atoms with Crippen LogP contribution in [0.5, 0.6) is 0 Å². The van der Waals surface area contributed by atoms with E-state index in [1.54, 1.807) is 4.90 Å². The second-order valence-electron chi connectivity index (χ2n) is 4.15. The van der Waals surface area contributed by atoms with Crippen LogP contribution in [0, 0.1) is 0 Å². The second-order valence-corrected chi connectivity index (χ2v) is 4.15. The molecular weight excluding hydrogens is 207 g/mol. The van der Waals surface area contributed by atoms with Crippen molar-refractivity contribution in [2.45, 2.75) is 24.7 Å². The van der Waals surface area contributed by atoms with E-state index in [2.05, 4.69) is 10.6 Å². The van der Waals surface area contributed by atoms with Crippen molar-refractivity contribution in [1.82, 2.24) is 15.5 Å². The van der Waals surface area contributed by atoms with Gasteiger partial charge in [0.25, 0.3) is 0 Å². The third-order valence-electron chi connectivity index (χ3n) is 3.17. The Morgan fingerprint density at radius 1 is 1.07 bits per heavy atom. The highest BCUT2D eigenvalue weighted by atomic mass is 19.4. The van der Waals surface area contributed by atoms with Crippen LogP contribution in [0.3, 0.4) is 0 Å². The van der Waals surface area contributed by atoms with Crippen molar-refractivity contribution in [2.24, 2.45) is 0 Å². The van der Waals surface area contributed by atoms with Crippen molar-refractivity contribution in [2.75, 3.05) is 32.7 Å². The summed E-state index contributed by atoms with van der Waals surface area (Å²) in [5.41, 5.74) is 0. The maximum atomic E-state index is 12.7. The monoisotopic (exact) mass is 223 g/mol. The van der Waals surface area contributed by atoms with Gasteiger partial charge in [0.05, 0.1) is 0 Å². The normalized spacial score (nSPS) is 34.6. The smallest absolute Gasteiger partial charge is 0.315 e. The topological polar surface area (TPSA) is 27.3 Å². The van der Waals surface area contributed by atoms with Crippen LogP contribution in [-0.4, -0.2) is 55.9 Å². The molecule has 0 aliphatic carbocycles. The number of alkyl halides is 3. The van der Waals surface area contributed by atoms with Crippen LogP contribution in [-0.2, 0) is 0 Å².